The Bertz CT molecular complexity index is 849. The van der Waals surface area contributed by atoms with Gasteiger partial charge in [0.25, 0.3) is 0 Å². The molecule has 5 nitrogen and oxygen atoms in total. The van der Waals surface area contributed by atoms with Crippen molar-refractivity contribution in [1.29, 1.82) is 0 Å². The highest BCUT2D eigenvalue weighted by molar-refractivity contribution is 5.62. The fraction of sp³-hybridized carbons (Fsp3) is 0.200. The van der Waals surface area contributed by atoms with Gasteiger partial charge in [0, 0.05) is 38.1 Å². The Kier molecular flexibility index (Phi) is 5.63. The van der Waals surface area contributed by atoms with Crippen molar-refractivity contribution in [3.05, 3.63) is 72.3 Å². The van der Waals surface area contributed by atoms with E-state index in [0.29, 0.717) is 30.2 Å². The first-order valence-corrected chi connectivity index (χ1v) is 8.45. The first kappa shape index (κ1) is 17.7. The van der Waals surface area contributed by atoms with Crippen LogP contribution in [0.3, 0.4) is 0 Å². The molecule has 0 aliphatic carbocycles. The molecule has 0 radical (unpaired) electrons. The van der Waals surface area contributed by atoms with E-state index in [1.807, 2.05) is 55.4 Å². The summed E-state index contributed by atoms with van der Waals surface area (Å²) >= 11 is 0. The first-order chi connectivity index (χ1) is 12.6. The van der Waals surface area contributed by atoms with Crippen LogP contribution in [0.1, 0.15) is 5.56 Å². The van der Waals surface area contributed by atoms with Crippen molar-refractivity contribution in [2.75, 3.05) is 36.2 Å². The number of nitrogens with one attached hydrogen (secondary N) is 2. The molecule has 0 saturated heterocycles. The number of aromatic nitrogens is 2. The van der Waals surface area contributed by atoms with Crippen LogP contribution < -0.4 is 15.5 Å². The van der Waals surface area contributed by atoms with E-state index in [0.717, 1.165) is 11.4 Å². The van der Waals surface area contributed by atoms with E-state index >= 15 is 0 Å². The Morgan fingerprint density at radius 3 is 2.42 bits per heavy atom. The smallest absolute Gasteiger partial charge is 0.135 e. The van der Waals surface area contributed by atoms with Crippen LogP contribution in [0.5, 0.6) is 0 Å². The van der Waals surface area contributed by atoms with Crippen molar-refractivity contribution >= 4 is 23.0 Å². The molecule has 0 aliphatic heterocycles. The highest BCUT2D eigenvalue weighted by atomic mass is 19.1. The van der Waals surface area contributed by atoms with Gasteiger partial charge in [-0.25, -0.2) is 14.4 Å². The molecule has 1 heterocycles. The molecule has 6 heteroatoms. The summed E-state index contributed by atoms with van der Waals surface area (Å²) in [5.74, 6) is 1.22. The third-order valence-corrected chi connectivity index (χ3v) is 3.98. The Hall–Kier alpha value is -3.15. The van der Waals surface area contributed by atoms with Gasteiger partial charge < -0.3 is 15.5 Å². The molecule has 0 amide bonds. The standard InChI is InChI=1S/C20H22FN5/c1-26(2)17-9-7-16(8-10-17)25-20-13-19(23-14-24-20)22-12-11-15-5-3-4-6-18(15)21/h3-10,13-14H,11-12H2,1-2H3,(H2,22,23,24,25). The zero-order valence-corrected chi connectivity index (χ0v) is 14.9. The molecular formula is C20H22FN5. The normalized spacial score (nSPS) is 10.4. The van der Waals surface area contributed by atoms with Crippen LogP contribution in [0, 0.1) is 5.82 Å². The lowest BCUT2D eigenvalue weighted by molar-refractivity contribution is 0.610. The van der Waals surface area contributed by atoms with Crippen LogP contribution in [0.15, 0.2) is 60.9 Å². The quantitative estimate of drug-likeness (QED) is 0.672. The fourth-order valence-electron chi connectivity index (χ4n) is 2.54. The molecule has 0 unspecified atom stereocenters. The van der Waals surface area contributed by atoms with Crippen molar-refractivity contribution in [3.63, 3.8) is 0 Å². The van der Waals surface area contributed by atoms with Gasteiger partial charge in [-0.1, -0.05) is 18.2 Å². The minimum absolute atomic E-state index is 0.180. The molecule has 0 bridgehead atoms. The van der Waals surface area contributed by atoms with E-state index in [1.165, 1.54) is 12.4 Å². The lowest BCUT2D eigenvalue weighted by Gasteiger charge is -2.13. The number of hydrogen-bond donors (Lipinski definition) is 2. The van der Waals surface area contributed by atoms with Crippen LogP contribution in [0.4, 0.5) is 27.4 Å². The molecule has 26 heavy (non-hydrogen) atoms. The molecule has 0 saturated carbocycles. The highest BCUT2D eigenvalue weighted by Crippen LogP contribution is 2.20. The molecule has 3 rings (SSSR count). The maximum Gasteiger partial charge on any atom is 0.135 e. The van der Waals surface area contributed by atoms with E-state index in [1.54, 1.807) is 12.1 Å². The molecule has 0 fully saturated rings. The van der Waals surface area contributed by atoms with Gasteiger partial charge in [0.1, 0.15) is 23.8 Å². The predicted octanol–water partition coefficient (Wildman–Crippen LogP) is 4.08. The SMILES string of the molecule is CN(C)c1ccc(Nc2cc(NCCc3ccccc3F)ncn2)cc1. The Morgan fingerprint density at radius 1 is 0.962 bits per heavy atom. The predicted molar refractivity (Wildman–Crippen MR) is 105 cm³/mol. The topological polar surface area (TPSA) is 53.1 Å². The minimum Gasteiger partial charge on any atom is -0.378 e. The van der Waals surface area contributed by atoms with E-state index in [4.69, 9.17) is 0 Å². The lowest BCUT2D eigenvalue weighted by Crippen LogP contribution is -2.08. The van der Waals surface area contributed by atoms with Crippen molar-refractivity contribution in [2.24, 2.45) is 0 Å². The summed E-state index contributed by atoms with van der Waals surface area (Å²) in [6, 6.07) is 16.7. The summed E-state index contributed by atoms with van der Waals surface area (Å²) < 4.78 is 13.6. The average Bonchev–Trinajstić information content (AvgIpc) is 2.64. The minimum atomic E-state index is -0.180. The third-order valence-electron chi connectivity index (χ3n) is 3.98. The van der Waals surface area contributed by atoms with Gasteiger partial charge in [-0.05, 0) is 42.3 Å². The number of anilines is 4. The van der Waals surface area contributed by atoms with Crippen molar-refractivity contribution in [1.82, 2.24) is 9.97 Å². The molecule has 134 valence electrons. The second kappa shape index (κ2) is 8.29. The third kappa shape index (κ3) is 4.69. The Morgan fingerprint density at radius 2 is 1.69 bits per heavy atom. The van der Waals surface area contributed by atoms with Gasteiger partial charge in [-0.15, -0.1) is 0 Å². The monoisotopic (exact) mass is 351 g/mol. The van der Waals surface area contributed by atoms with Gasteiger partial charge >= 0.3 is 0 Å². The second-order valence-corrected chi connectivity index (χ2v) is 6.12. The molecule has 2 aromatic carbocycles. The Labute approximate surface area is 152 Å². The maximum atomic E-state index is 13.6. The zero-order valence-electron chi connectivity index (χ0n) is 14.9. The van der Waals surface area contributed by atoms with E-state index in [2.05, 4.69) is 20.6 Å². The first-order valence-electron chi connectivity index (χ1n) is 8.45. The van der Waals surface area contributed by atoms with Gasteiger partial charge in [0.05, 0.1) is 0 Å². The second-order valence-electron chi connectivity index (χ2n) is 6.12. The van der Waals surface area contributed by atoms with Crippen molar-refractivity contribution < 1.29 is 4.39 Å². The summed E-state index contributed by atoms with van der Waals surface area (Å²) in [7, 11) is 4.01. The molecule has 0 spiro atoms. The summed E-state index contributed by atoms with van der Waals surface area (Å²) in [6.45, 7) is 0.592. The van der Waals surface area contributed by atoms with Crippen LogP contribution in [0.25, 0.3) is 0 Å². The number of nitrogens with zero attached hydrogens (tertiary/aromatic N) is 3. The van der Waals surface area contributed by atoms with Crippen molar-refractivity contribution in [2.45, 2.75) is 6.42 Å². The lowest BCUT2D eigenvalue weighted by atomic mass is 10.1. The molecule has 0 atom stereocenters. The number of hydrogen-bond acceptors (Lipinski definition) is 5. The van der Waals surface area contributed by atoms with Crippen LogP contribution in [0.2, 0.25) is 0 Å². The maximum absolute atomic E-state index is 13.6. The van der Waals surface area contributed by atoms with Gasteiger partial charge in [-0.3, -0.25) is 0 Å². The zero-order chi connectivity index (χ0) is 18.4. The largest absolute Gasteiger partial charge is 0.378 e. The van der Waals surface area contributed by atoms with Crippen LogP contribution >= 0.6 is 0 Å². The summed E-state index contributed by atoms with van der Waals surface area (Å²) in [6.07, 6.45) is 2.09. The van der Waals surface area contributed by atoms with Crippen LogP contribution in [-0.2, 0) is 6.42 Å². The molecule has 1 aromatic heterocycles. The van der Waals surface area contributed by atoms with Gasteiger partial charge in [0.15, 0.2) is 0 Å². The average molecular weight is 351 g/mol. The number of rotatable bonds is 7. The summed E-state index contributed by atoms with van der Waals surface area (Å²) in [4.78, 5) is 10.5. The summed E-state index contributed by atoms with van der Waals surface area (Å²) in [5.41, 5.74) is 2.77. The van der Waals surface area contributed by atoms with E-state index in [-0.39, 0.29) is 5.82 Å². The van der Waals surface area contributed by atoms with Crippen LogP contribution in [-0.4, -0.2) is 30.6 Å². The summed E-state index contributed by atoms with van der Waals surface area (Å²) in [5, 5.41) is 6.46. The highest BCUT2D eigenvalue weighted by Gasteiger charge is 2.03. The van der Waals surface area contributed by atoms with E-state index < -0.39 is 0 Å². The fourth-order valence-corrected chi connectivity index (χ4v) is 2.54. The molecule has 2 N–H and O–H groups in total. The molecule has 3 aromatic rings. The molecular weight excluding hydrogens is 329 g/mol. The Balaban J connectivity index is 1.58. The van der Waals surface area contributed by atoms with Gasteiger partial charge in [-0.2, -0.15) is 0 Å². The van der Waals surface area contributed by atoms with Crippen molar-refractivity contribution in [3.8, 4) is 0 Å². The number of halogens is 1. The van der Waals surface area contributed by atoms with Gasteiger partial charge in [0.2, 0.25) is 0 Å². The number of benzene rings is 2. The molecule has 0 aliphatic rings. The van der Waals surface area contributed by atoms with E-state index in [9.17, 15) is 4.39 Å².